The van der Waals surface area contributed by atoms with E-state index in [0.29, 0.717) is 17.9 Å². The van der Waals surface area contributed by atoms with Crippen molar-refractivity contribution in [2.75, 3.05) is 19.0 Å². The summed E-state index contributed by atoms with van der Waals surface area (Å²) in [5, 5.41) is 5.55. The molecule has 0 radical (unpaired) electrons. The second-order valence-corrected chi connectivity index (χ2v) is 7.02. The molecule has 1 heterocycles. The van der Waals surface area contributed by atoms with E-state index in [-0.39, 0.29) is 12.5 Å². The van der Waals surface area contributed by atoms with E-state index >= 15 is 0 Å². The SMILES string of the molecule is COc1cccc(NC(=O)CN2C(=O)N[C@@]3(CCCc4ccccc43)C2=O)c1. The molecule has 2 aromatic carbocycles. The van der Waals surface area contributed by atoms with Crippen LogP contribution in [-0.2, 0) is 21.5 Å². The van der Waals surface area contributed by atoms with Crippen LogP contribution in [0.3, 0.4) is 0 Å². The first-order valence-corrected chi connectivity index (χ1v) is 9.20. The zero-order valence-corrected chi connectivity index (χ0v) is 15.5. The molecule has 0 unspecified atom stereocenters. The predicted molar refractivity (Wildman–Crippen MR) is 103 cm³/mol. The molecule has 28 heavy (non-hydrogen) atoms. The molecule has 1 aliphatic heterocycles. The van der Waals surface area contributed by atoms with Crippen LogP contribution >= 0.6 is 0 Å². The van der Waals surface area contributed by atoms with E-state index in [0.717, 1.165) is 28.9 Å². The Hall–Kier alpha value is -3.35. The summed E-state index contributed by atoms with van der Waals surface area (Å²) >= 11 is 0. The number of aryl methyl sites for hydroxylation is 1. The lowest BCUT2D eigenvalue weighted by Crippen LogP contribution is -2.47. The molecule has 144 valence electrons. The number of ether oxygens (including phenoxy) is 1. The molecule has 1 atom stereocenters. The second kappa shape index (κ2) is 6.99. The molecule has 2 aromatic rings. The average molecular weight is 379 g/mol. The number of nitrogens with one attached hydrogen (secondary N) is 2. The average Bonchev–Trinajstić information content (AvgIpc) is 2.93. The summed E-state index contributed by atoms with van der Waals surface area (Å²) in [6, 6.07) is 14.0. The topological polar surface area (TPSA) is 87.7 Å². The first-order valence-electron chi connectivity index (χ1n) is 9.20. The Bertz CT molecular complexity index is 958. The Morgan fingerprint density at radius 2 is 2.04 bits per heavy atom. The van der Waals surface area contributed by atoms with Gasteiger partial charge in [0, 0.05) is 11.8 Å². The zero-order valence-electron chi connectivity index (χ0n) is 15.5. The highest BCUT2D eigenvalue weighted by Gasteiger charge is 2.54. The molecule has 1 aliphatic carbocycles. The number of rotatable bonds is 4. The molecule has 0 aromatic heterocycles. The number of benzene rings is 2. The lowest BCUT2D eigenvalue weighted by molar-refractivity contribution is -0.134. The Labute approximate surface area is 162 Å². The fourth-order valence-electron chi connectivity index (χ4n) is 4.00. The summed E-state index contributed by atoms with van der Waals surface area (Å²) in [6.45, 7) is -0.341. The number of carbonyl (C=O) groups is 3. The third-order valence-corrected chi connectivity index (χ3v) is 5.31. The van der Waals surface area contributed by atoms with E-state index in [1.165, 1.54) is 7.11 Å². The number of methoxy groups -OCH3 is 1. The van der Waals surface area contributed by atoms with Gasteiger partial charge in [0.2, 0.25) is 5.91 Å². The van der Waals surface area contributed by atoms with Crippen molar-refractivity contribution < 1.29 is 19.1 Å². The van der Waals surface area contributed by atoms with E-state index in [1.54, 1.807) is 24.3 Å². The third-order valence-electron chi connectivity index (χ3n) is 5.31. The van der Waals surface area contributed by atoms with Crippen LogP contribution in [0.15, 0.2) is 48.5 Å². The minimum absolute atomic E-state index is 0.341. The molecular formula is C21H21N3O4. The molecule has 4 amide bonds. The van der Waals surface area contributed by atoms with Crippen LogP contribution < -0.4 is 15.4 Å². The number of fused-ring (bicyclic) bond motifs is 2. The van der Waals surface area contributed by atoms with Crippen molar-refractivity contribution >= 4 is 23.5 Å². The van der Waals surface area contributed by atoms with Crippen LogP contribution in [0.2, 0.25) is 0 Å². The van der Waals surface area contributed by atoms with Gasteiger partial charge in [-0.25, -0.2) is 4.79 Å². The van der Waals surface area contributed by atoms with Gasteiger partial charge >= 0.3 is 6.03 Å². The molecule has 1 fully saturated rings. The van der Waals surface area contributed by atoms with Gasteiger partial charge in [-0.3, -0.25) is 14.5 Å². The van der Waals surface area contributed by atoms with Crippen molar-refractivity contribution in [3.8, 4) is 5.75 Å². The lowest BCUT2D eigenvalue weighted by atomic mass is 9.76. The smallest absolute Gasteiger partial charge is 0.325 e. The van der Waals surface area contributed by atoms with E-state index < -0.39 is 17.5 Å². The highest BCUT2D eigenvalue weighted by atomic mass is 16.5. The molecule has 7 heteroatoms. The van der Waals surface area contributed by atoms with Crippen molar-refractivity contribution in [1.29, 1.82) is 0 Å². The number of hydrogen-bond donors (Lipinski definition) is 2. The molecule has 2 N–H and O–H groups in total. The van der Waals surface area contributed by atoms with Crippen LogP contribution in [0, 0.1) is 0 Å². The summed E-state index contributed by atoms with van der Waals surface area (Å²) in [7, 11) is 1.54. The monoisotopic (exact) mass is 379 g/mol. The minimum Gasteiger partial charge on any atom is -0.497 e. The van der Waals surface area contributed by atoms with Crippen molar-refractivity contribution in [1.82, 2.24) is 10.2 Å². The minimum atomic E-state index is -1.07. The van der Waals surface area contributed by atoms with Crippen LogP contribution in [-0.4, -0.2) is 36.4 Å². The molecule has 1 spiro atoms. The van der Waals surface area contributed by atoms with Gasteiger partial charge in [0.1, 0.15) is 17.8 Å². The number of carbonyl (C=O) groups excluding carboxylic acids is 3. The Morgan fingerprint density at radius 1 is 1.21 bits per heavy atom. The standard InChI is InChI=1S/C21H21N3O4/c1-28-16-9-4-8-15(12-16)22-18(25)13-24-19(26)21(23-20(24)27)11-5-7-14-6-2-3-10-17(14)21/h2-4,6,8-10,12H,5,7,11,13H2,1H3,(H,22,25)(H,23,27)/t21-/m1/s1. The molecule has 4 rings (SSSR count). The Kier molecular flexibility index (Phi) is 4.50. The van der Waals surface area contributed by atoms with E-state index in [2.05, 4.69) is 10.6 Å². The van der Waals surface area contributed by atoms with E-state index in [4.69, 9.17) is 4.74 Å². The van der Waals surface area contributed by atoms with Gasteiger partial charge in [-0.1, -0.05) is 30.3 Å². The maximum absolute atomic E-state index is 13.2. The van der Waals surface area contributed by atoms with E-state index in [9.17, 15) is 14.4 Å². The largest absolute Gasteiger partial charge is 0.497 e. The van der Waals surface area contributed by atoms with Crippen LogP contribution in [0.4, 0.5) is 10.5 Å². The zero-order chi connectivity index (χ0) is 19.7. The van der Waals surface area contributed by atoms with Crippen molar-refractivity contribution in [3.63, 3.8) is 0 Å². The molecule has 0 saturated carbocycles. The van der Waals surface area contributed by atoms with Crippen molar-refractivity contribution in [3.05, 3.63) is 59.7 Å². The normalized spacial score (nSPS) is 20.7. The first-order chi connectivity index (χ1) is 13.5. The molecular weight excluding hydrogens is 358 g/mol. The first kappa shape index (κ1) is 18.0. The fourth-order valence-corrected chi connectivity index (χ4v) is 4.00. The highest BCUT2D eigenvalue weighted by Crippen LogP contribution is 2.39. The number of anilines is 1. The van der Waals surface area contributed by atoms with Gasteiger partial charge in [0.05, 0.1) is 7.11 Å². The lowest BCUT2D eigenvalue weighted by Gasteiger charge is -2.33. The van der Waals surface area contributed by atoms with Gasteiger partial charge in [-0.15, -0.1) is 0 Å². The fraction of sp³-hybridized carbons (Fsp3) is 0.286. The number of imide groups is 1. The quantitative estimate of drug-likeness (QED) is 0.799. The summed E-state index contributed by atoms with van der Waals surface area (Å²) in [6.07, 6.45) is 2.20. The maximum atomic E-state index is 13.2. The van der Waals surface area contributed by atoms with Gasteiger partial charge in [-0.2, -0.15) is 0 Å². The molecule has 7 nitrogen and oxygen atoms in total. The number of amides is 4. The summed E-state index contributed by atoms with van der Waals surface area (Å²) < 4.78 is 5.13. The molecule has 1 saturated heterocycles. The molecule has 0 bridgehead atoms. The van der Waals surface area contributed by atoms with Gasteiger partial charge in [0.25, 0.3) is 5.91 Å². The van der Waals surface area contributed by atoms with Gasteiger partial charge in [-0.05, 0) is 42.5 Å². The number of urea groups is 1. The van der Waals surface area contributed by atoms with E-state index in [1.807, 2.05) is 24.3 Å². The summed E-state index contributed by atoms with van der Waals surface area (Å²) in [4.78, 5) is 39.2. The van der Waals surface area contributed by atoms with Crippen LogP contribution in [0.1, 0.15) is 24.0 Å². The second-order valence-electron chi connectivity index (χ2n) is 7.02. The molecule has 2 aliphatic rings. The third kappa shape index (κ3) is 2.98. The van der Waals surface area contributed by atoms with Crippen LogP contribution in [0.25, 0.3) is 0 Å². The Balaban J connectivity index is 1.53. The number of nitrogens with zero attached hydrogens (tertiary/aromatic N) is 1. The summed E-state index contributed by atoms with van der Waals surface area (Å²) in [5.41, 5.74) is 1.36. The highest BCUT2D eigenvalue weighted by molar-refractivity contribution is 6.10. The Morgan fingerprint density at radius 3 is 2.86 bits per heavy atom. The van der Waals surface area contributed by atoms with Crippen molar-refractivity contribution in [2.45, 2.75) is 24.8 Å². The summed E-state index contributed by atoms with van der Waals surface area (Å²) in [5.74, 6) is -0.214. The van der Waals surface area contributed by atoms with Gasteiger partial charge < -0.3 is 15.4 Å². The number of hydrogen-bond acceptors (Lipinski definition) is 4. The van der Waals surface area contributed by atoms with Crippen LogP contribution in [0.5, 0.6) is 5.75 Å². The van der Waals surface area contributed by atoms with Crippen molar-refractivity contribution in [2.24, 2.45) is 0 Å². The van der Waals surface area contributed by atoms with Gasteiger partial charge in [0.15, 0.2) is 0 Å². The predicted octanol–water partition coefficient (Wildman–Crippen LogP) is 2.42. The maximum Gasteiger partial charge on any atom is 0.325 e.